The molecule has 0 aliphatic carbocycles. The van der Waals surface area contributed by atoms with Crippen molar-refractivity contribution in [2.24, 2.45) is 0 Å². The number of hydrogen-bond donors (Lipinski definition) is 1. The Balaban J connectivity index is 2.24. The van der Waals surface area contributed by atoms with Gasteiger partial charge in [-0.15, -0.1) is 0 Å². The highest BCUT2D eigenvalue weighted by Crippen LogP contribution is 2.30. The second-order valence-corrected chi connectivity index (χ2v) is 4.94. The van der Waals surface area contributed by atoms with Crippen molar-refractivity contribution in [1.82, 2.24) is 9.97 Å². The summed E-state index contributed by atoms with van der Waals surface area (Å²) in [5, 5.41) is 0.221. The summed E-state index contributed by atoms with van der Waals surface area (Å²) in [5.41, 5.74) is 6.28. The highest BCUT2D eigenvalue weighted by Gasteiger charge is 2.32. The molecule has 94 valence electrons. The maximum atomic E-state index is 5.88. The number of rotatable bonds is 2. The highest BCUT2D eigenvalue weighted by molar-refractivity contribution is 6.28. The largest absolute Gasteiger partial charge is 0.394 e. The number of nitrogens with zero attached hydrogens (tertiary/aromatic N) is 3. The zero-order valence-corrected chi connectivity index (χ0v) is 10.9. The molecule has 1 saturated heterocycles. The van der Waals surface area contributed by atoms with Crippen LogP contribution in [0.2, 0.25) is 5.28 Å². The maximum Gasteiger partial charge on any atom is 0.224 e. The van der Waals surface area contributed by atoms with Crippen molar-refractivity contribution in [3.63, 3.8) is 0 Å². The van der Waals surface area contributed by atoms with Gasteiger partial charge in [0.15, 0.2) is 5.82 Å². The average molecular weight is 257 g/mol. The molecule has 0 aromatic carbocycles. The number of anilines is 2. The Bertz CT molecular complexity index is 414. The molecular weight excluding hydrogens is 240 g/mol. The van der Waals surface area contributed by atoms with E-state index in [0.29, 0.717) is 11.5 Å². The second-order valence-electron chi connectivity index (χ2n) is 4.60. The van der Waals surface area contributed by atoms with Gasteiger partial charge in [-0.05, 0) is 31.4 Å². The summed E-state index contributed by atoms with van der Waals surface area (Å²) in [6.07, 6.45) is 3.63. The smallest absolute Gasteiger partial charge is 0.224 e. The van der Waals surface area contributed by atoms with E-state index < -0.39 is 0 Å². The van der Waals surface area contributed by atoms with Gasteiger partial charge in [-0.2, -0.15) is 4.98 Å². The van der Waals surface area contributed by atoms with Crippen molar-refractivity contribution in [2.75, 3.05) is 30.8 Å². The van der Waals surface area contributed by atoms with Gasteiger partial charge in [-0.25, -0.2) is 4.98 Å². The summed E-state index contributed by atoms with van der Waals surface area (Å²) in [4.78, 5) is 10.2. The van der Waals surface area contributed by atoms with Crippen molar-refractivity contribution in [1.29, 1.82) is 0 Å². The van der Waals surface area contributed by atoms with Gasteiger partial charge in [0.25, 0.3) is 0 Å². The molecule has 0 spiro atoms. The van der Waals surface area contributed by atoms with Crippen LogP contribution in [0.1, 0.15) is 19.8 Å². The fraction of sp³-hybridized carbons (Fsp3) is 0.636. The average Bonchev–Trinajstić information content (AvgIpc) is 2.32. The predicted molar refractivity (Wildman–Crippen MR) is 68.3 cm³/mol. The van der Waals surface area contributed by atoms with E-state index in [1.165, 1.54) is 0 Å². The van der Waals surface area contributed by atoms with Gasteiger partial charge in [0.05, 0.1) is 17.5 Å². The van der Waals surface area contributed by atoms with Crippen LogP contribution in [0.15, 0.2) is 6.20 Å². The van der Waals surface area contributed by atoms with Crippen LogP contribution >= 0.6 is 11.6 Å². The number of hydrogen-bond acceptors (Lipinski definition) is 5. The molecule has 0 bridgehead atoms. The van der Waals surface area contributed by atoms with Crippen LogP contribution in [-0.2, 0) is 4.74 Å². The Morgan fingerprint density at radius 2 is 2.35 bits per heavy atom. The predicted octanol–water partition coefficient (Wildman–Crippen LogP) is 1.72. The van der Waals surface area contributed by atoms with Gasteiger partial charge < -0.3 is 15.4 Å². The lowest BCUT2D eigenvalue weighted by molar-refractivity contribution is -0.00478. The lowest BCUT2D eigenvalue weighted by Gasteiger charge is -2.40. The molecule has 1 atom stereocenters. The molecule has 1 aliphatic rings. The number of ether oxygens (including phenoxy) is 1. The van der Waals surface area contributed by atoms with E-state index in [-0.39, 0.29) is 10.9 Å². The van der Waals surface area contributed by atoms with Gasteiger partial charge in [0.1, 0.15) is 0 Å². The highest BCUT2D eigenvalue weighted by atomic mass is 35.5. The molecule has 0 saturated carbocycles. The molecule has 1 aromatic rings. The summed E-state index contributed by atoms with van der Waals surface area (Å²) in [6, 6.07) is 0. The Morgan fingerprint density at radius 1 is 1.59 bits per heavy atom. The fourth-order valence-corrected chi connectivity index (χ4v) is 2.30. The molecule has 2 rings (SSSR count). The Hall–Kier alpha value is -1.07. The molecule has 1 unspecified atom stereocenters. The summed E-state index contributed by atoms with van der Waals surface area (Å²) in [5.74, 6) is 0.702. The van der Waals surface area contributed by atoms with Gasteiger partial charge in [-0.3, -0.25) is 0 Å². The summed E-state index contributed by atoms with van der Waals surface area (Å²) in [6.45, 7) is 3.77. The van der Waals surface area contributed by atoms with Crippen LogP contribution in [0, 0.1) is 0 Å². The lowest BCUT2D eigenvalue weighted by Crippen LogP contribution is -2.48. The van der Waals surface area contributed by atoms with Crippen molar-refractivity contribution >= 4 is 23.1 Å². The van der Waals surface area contributed by atoms with E-state index in [9.17, 15) is 0 Å². The molecule has 2 N–H and O–H groups in total. The summed E-state index contributed by atoms with van der Waals surface area (Å²) < 4.78 is 5.54. The molecule has 0 amide bonds. The standard InChI is InChI=1S/C11H17ClN4O/c1-11(17-2)4-3-5-16(7-11)9-8(13)6-14-10(12)15-9/h6H,3-5,7,13H2,1-2H3. The third kappa shape index (κ3) is 2.61. The van der Waals surface area contributed by atoms with Crippen LogP contribution < -0.4 is 10.6 Å². The number of piperidine rings is 1. The first kappa shape index (κ1) is 12.4. The fourth-order valence-electron chi connectivity index (χ4n) is 2.17. The molecule has 1 aromatic heterocycles. The van der Waals surface area contributed by atoms with Gasteiger partial charge in [0.2, 0.25) is 5.28 Å². The number of nitrogens with two attached hydrogens (primary N) is 1. The minimum Gasteiger partial charge on any atom is -0.394 e. The van der Waals surface area contributed by atoms with Crippen LogP contribution in [0.25, 0.3) is 0 Å². The van der Waals surface area contributed by atoms with E-state index in [2.05, 4.69) is 21.8 Å². The molecule has 0 radical (unpaired) electrons. The second kappa shape index (κ2) is 4.66. The van der Waals surface area contributed by atoms with Gasteiger partial charge >= 0.3 is 0 Å². The Morgan fingerprint density at radius 3 is 3.06 bits per heavy atom. The molecule has 17 heavy (non-hydrogen) atoms. The topological polar surface area (TPSA) is 64.3 Å². The Labute approximate surface area is 106 Å². The van der Waals surface area contributed by atoms with Crippen LogP contribution in [0.3, 0.4) is 0 Å². The van der Waals surface area contributed by atoms with Crippen molar-refractivity contribution < 1.29 is 4.74 Å². The third-order valence-electron chi connectivity index (χ3n) is 3.22. The quantitative estimate of drug-likeness (QED) is 0.817. The zero-order chi connectivity index (χ0) is 12.5. The zero-order valence-electron chi connectivity index (χ0n) is 10.1. The molecule has 1 fully saturated rings. The molecular formula is C11H17ClN4O. The van der Waals surface area contributed by atoms with E-state index in [1.807, 2.05) is 0 Å². The van der Waals surface area contributed by atoms with Gasteiger partial charge in [0, 0.05) is 20.2 Å². The summed E-state index contributed by atoms with van der Waals surface area (Å²) >= 11 is 5.81. The first-order chi connectivity index (χ1) is 8.04. The Kier molecular flexibility index (Phi) is 3.40. The van der Waals surface area contributed by atoms with Crippen molar-refractivity contribution in [3.8, 4) is 0 Å². The number of aromatic nitrogens is 2. The van der Waals surface area contributed by atoms with Crippen molar-refractivity contribution in [3.05, 3.63) is 11.5 Å². The van der Waals surface area contributed by atoms with Crippen LogP contribution in [0.4, 0.5) is 11.5 Å². The lowest BCUT2D eigenvalue weighted by atomic mass is 9.95. The van der Waals surface area contributed by atoms with Crippen LogP contribution in [0.5, 0.6) is 0 Å². The third-order valence-corrected chi connectivity index (χ3v) is 3.40. The maximum absolute atomic E-state index is 5.88. The van der Waals surface area contributed by atoms with E-state index >= 15 is 0 Å². The normalized spacial score (nSPS) is 25.0. The SMILES string of the molecule is COC1(C)CCCN(c2nc(Cl)ncc2N)C1. The summed E-state index contributed by atoms with van der Waals surface area (Å²) in [7, 11) is 1.74. The van der Waals surface area contributed by atoms with Crippen molar-refractivity contribution in [2.45, 2.75) is 25.4 Å². The molecule has 5 nitrogen and oxygen atoms in total. The number of halogens is 1. The monoisotopic (exact) mass is 256 g/mol. The minimum absolute atomic E-state index is 0.151. The van der Waals surface area contributed by atoms with Crippen LogP contribution in [-0.4, -0.2) is 35.8 Å². The van der Waals surface area contributed by atoms with Gasteiger partial charge in [-0.1, -0.05) is 0 Å². The molecule has 2 heterocycles. The molecule has 6 heteroatoms. The number of methoxy groups -OCH3 is 1. The minimum atomic E-state index is -0.151. The first-order valence-corrected chi connectivity index (χ1v) is 6.00. The van der Waals surface area contributed by atoms with E-state index in [4.69, 9.17) is 22.1 Å². The molecule has 1 aliphatic heterocycles. The number of nitrogen functional groups attached to an aromatic ring is 1. The first-order valence-electron chi connectivity index (χ1n) is 5.62. The van der Waals surface area contributed by atoms with E-state index in [0.717, 1.165) is 25.9 Å². The van der Waals surface area contributed by atoms with E-state index in [1.54, 1.807) is 13.3 Å².